The highest BCUT2D eigenvalue weighted by Crippen LogP contribution is 2.41. The summed E-state index contributed by atoms with van der Waals surface area (Å²) in [5.41, 5.74) is -0.140. The van der Waals surface area contributed by atoms with Gasteiger partial charge in [-0.1, -0.05) is 49.2 Å². The van der Waals surface area contributed by atoms with Crippen LogP contribution in [0.3, 0.4) is 0 Å². The molecule has 0 aliphatic rings. The van der Waals surface area contributed by atoms with Gasteiger partial charge in [0.2, 0.25) is 0 Å². The summed E-state index contributed by atoms with van der Waals surface area (Å²) in [6.45, 7) is 3.67. The summed E-state index contributed by atoms with van der Waals surface area (Å²) >= 11 is 0. The summed E-state index contributed by atoms with van der Waals surface area (Å²) in [6, 6.07) is 11.9. The Morgan fingerprint density at radius 2 is 1.63 bits per heavy atom. The average Bonchev–Trinajstić information content (AvgIpc) is 2.95. The van der Waals surface area contributed by atoms with Crippen molar-refractivity contribution < 1.29 is 21.6 Å². The molecular formula is C20H20F3NO2S. The van der Waals surface area contributed by atoms with Crippen molar-refractivity contribution in [1.29, 1.82) is 0 Å². The zero-order chi connectivity index (χ0) is 19.8. The quantitative estimate of drug-likeness (QED) is 0.568. The number of alkyl halides is 3. The number of para-hydroxylation sites is 1. The minimum absolute atomic E-state index is 0.0275. The van der Waals surface area contributed by atoms with Crippen LogP contribution in [0.1, 0.15) is 36.6 Å². The summed E-state index contributed by atoms with van der Waals surface area (Å²) < 4.78 is 69.0. The van der Waals surface area contributed by atoms with Crippen LogP contribution in [-0.2, 0) is 22.6 Å². The second-order valence-corrected chi connectivity index (χ2v) is 8.31. The Hall–Kier alpha value is -2.28. The molecule has 0 fully saturated rings. The highest BCUT2D eigenvalue weighted by atomic mass is 32.2. The van der Waals surface area contributed by atoms with Gasteiger partial charge in [-0.3, -0.25) is 0 Å². The highest BCUT2D eigenvalue weighted by molar-refractivity contribution is 7.90. The van der Waals surface area contributed by atoms with Gasteiger partial charge in [0.05, 0.1) is 16.0 Å². The number of nitrogens with zero attached hydrogens (tertiary/aromatic N) is 1. The lowest BCUT2D eigenvalue weighted by molar-refractivity contribution is -0.136. The highest BCUT2D eigenvalue weighted by Gasteiger charge is 2.40. The zero-order valence-corrected chi connectivity index (χ0v) is 15.9. The predicted octanol–water partition coefficient (Wildman–Crippen LogP) is 5.55. The first-order valence-electron chi connectivity index (χ1n) is 8.69. The summed E-state index contributed by atoms with van der Waals surface area (Å²) in [7, 11) is -4.17. The lowest BCUT2D eigenvalue weighted by Gasteiger charge is -2.14. The maximum Gasteiger partial charge on any atom is 0.418 e. The van der Waals surface area contributed by atoms with E-state index in [9.17, 15) is 21.6 Å². The van der Waals surface area contributed by atoms with Gasteiger partial charge in [0.25, 0.3) is 10.0 Å². The molecule has 0 unspecified atom stereocenters. The van der Waals surface area contributed by atoms with E-state index in [1.807, 2.05) is 13.8 Å². The number of aromatic nitrogens is 1. The summed E-state index contributed by atoms with van der Waals surface area (Å²) in [4.78, 5) is -0.0275. The molecule has 2 aromatic carbocycles. The SMILES string of the molecule is CCCCc1c(C(F)(F)F)c2ccccc2n1S(=O)(=O)c1ccc(C)cc1. The Balaban J connectivity index is 2.39. The number of hydrogen-bond acceptors (Lipinski definition) is 2. The number of hydrogen-bond donors (Lipinski definition) is 0. The lowest BCUT2D eigenvalue weighted by Crippen LogP contribution is -2.18. The van der Waals surface area contributed by atoms with Crippen molar-refractivity contribution in [3.63, 3.8) is 0 Å². The minimum Gasteiger partial charge on any atom is -0.237 e. The van der Waals surface area contributed by atoms with Crippen molar-refractivity contribution in [3.05, 3.63) is 65.4 Å². The van der Waals surface area contributed by atoms with Gasteiger partial charge < -0.3 is 0 Å². The third-order valence-corrected chi connectivity index (χ3v) is 6.30. The van der Waals surface area contributed by atoms with Crippen molar-refractivity contribution in [2.45, 2.75) is 44.2 Å². The number of aryl methyl sites for hydroxylation is 1. The molecule has 27 heavy (non-hydrogen) atoms. The molecule has 3 aromatic rings. The first-order chi connectivity index (χ1) is 12.7. The molecule has 0 aliphatic carbocycles. The Kier molecular flexibility index (Phi) is 5.08. The van der Waals surface area contributed by atoms with Crippen LogP contribution < -0.4 is 0 Å². The van der Waals surface area contributed by atoms with Crippen molar-refractivity contribution in [2.24, 2.45) is 0 Å². The third-order valence-electron chi connectivity index (χ3n) is 4.54. The molecule has 0 aliphatic heterocycles. The smallest absolute Gasteiger partial charge is 0.237 e. The second kappa shape index (κ2) is 7.03. The third kappa shape index (κ3) is 3.48. The van der Waals surface area contributed by atoms with Crippen molar-refractivity contribution in [2.75, 3.05) is 0 Å². The Morgan fingerprint density at radius 3 is 2.22 bits per heavy atom. The van der Waals surface area contributed by atoms with Crippen LogP contribution in [0, 0.1) is 6.92 Å². The van der Waals surface area contributed by atoms with Crippen molar-refractivity contribution in [3.8, 4) is 0 Å². The summed E-state index contributed by atoms with van der Waals surface area (Å²) in [6.07, 6.45) is -3.49. The topological polar surface area (TPSA) is 39.1 Å². The fraction of sp³-hybridized carbons (Fsp3) is 0.300. The molecular weight excluding hydrogens is 375 g/mol. The number of unbranched alkanes of at least 4 members (excludes halogenated alkanes) is 1. The van der Waals surface area contributed by atoms with Crippen LogP contribution in [-0.4, -0.2) is 12.4 Å². The molecule has 0 saturated heterocycles. The molecule has 0 atom stereocenters. The lowest BCUT2D eigenvalue weighted by atomic mass is 10.1. The number of fused-ring (bicyclic) bond motifs is 1. The van der Waals surface area contributed by atoms with Gasteiger partial charge in [-0.2, -0.15) is 13.2 Å². The van der Waals surface area contributed by atoms with Gasteiger partial charge in [-0.15, -0.1) is 0 Å². The molecule has 144 valence electrons. The molecule has 1 aromatic heterocycles. The molecule has 7 heteroatoms. The molecule has 0 amide bonds. The zero-order valence-electron chi connectivity index (χ0n) is 15.0. The number of rotatable bonds is 5. The van der Waals surface area contributed by atoms with Gasteiger partial charge in [-0.25, -0.2) is 12.4 Å². The Morgan fingerprint density at radius 1 is 1.00 bits per heavy atom. The van der Waals surface area contributed by atoms with Crippen LogP contribution in [0.2, 0.25) is 0 Å². The van der Waals surface area contributed by atoms with E-state index in [0.29, 0.717) is 12.8 Å². The van der Waals surface area contributed by atoms with E-state index in [0.717, 1.165) is 9.54 Å². The van der Waals surface area contributed by atoms with E-state index in [1.54, 1.807) is 18.2 Å². The molecule has 0 N–H and O–H groups in total. The van der Waals surface area contributed by atoms with Gasteiger partial charge >= 0.3 is 6.18 Å². The largest absolute Gasteiger partial charge is 0.418 e. The fourth-order valence-corrected chi connectivity index (χ4v) is 4.82. The Bertz CT molecular complexity index is 1070. The van der Waals surface area contributed by atoms with E-state index in [1.165, 1.54) is 30.3 Å². The van der Waals surface area contributed by atoms with Crippen LogP contribution in [0.5, 0.6) is 0 Å². The molecule has 1 heterocycles. The maximum atomic E-state index is 13.9. The van der Waals surface area contributed by atoms with Crippen LogP contribution in [0.4, 0.5) is 13.2 Å². The first kappa shape index (κ1) is 19.5. The van der Waals surface area contributed by atoms with Crippen LogP contribution in [0.25, 0.3) is 10.9 Å². The van der Waals surface area contributed by atoms with Crippen molar-refractivity contribution in [1.82, 2.24) is 3.97 Å². The first-order valence-corrected chi connectivity index (χ1v) is 10.1. The number of halogens is 3. The second-order valence-electron chi connectivity index (χ2n) is 6.52. The van der Waals surface area contributed by atoms with Crippen LogP contribution in [0.15, 0.2) is 53.4 Å². The minimum atomic E-state index is -4.64. The van der Waals surface area contributed by atoms with Gasteiger partial charge in [0.15, 0.2) is 0 Å². The van der Waals surface area contributed by atoms with Gasteiger partial charge in [0.1, 0.15) is 0 Å². The molecule has 3 rings (SSSR count). The van der Waals surface area contributed by atoms with Gasteiger partial charge in [0, 0.05) is 11.1 Å². The molecule has 0 saturated carbocycles. The predicted molar refractivity (Wildman–Crippen MR) is 99.3 cm³/mol. The average molecular weight is 395 g/mol. The monoisotopic (exact) mass is 395 g/mol. The molecule has 3 nitrogen and oxygen atoms in total. The van der Waals surface area contributed by atoms with E-state index >= 15 is 0 Å². The molecule has 0 radical (unpaired) electrons. The van der Waals surface area contributed by atoms with Crippen molar-refractivity contribution >= 4 is 20.9 Å². The summed E-state index contributed by atoms with van der Waals surface area (Å²) in [5.74, 6) is 0. The maximum absolute atomic E-state index is 13.9. The fourth-order valence-electron chi connectivity index (χ4n) is 3.24. The molecule has 0 spiro atoms. The van der Waals surface area contributed by atoms with Gasteiger partial charge in [-0.05, 0) is 38.0 Å². The molecule has 0 bridgehead atoms. The standard InChI is InChI=1S/C20H20F3NO2S/c1-3-4-8-18-19(20(21,22)23)16-7-5-6-9-17(16)24(18)27(25,26)15-12-10-14(2)11-13-15/h5-7,9-13H,3-4,8H2,1-2H3. The van der Waals surface area contributed by atoms with E-state index in [-0.39, 0.29) is 27.9 Å². The number of benzene rings is 2. The van der Waals surface area contributed by atoms with Crippen LogP contribution >= 0.6 is 0 Å². The normalized spacial score (nSPS) is 12.6. The summed E-state index contributed by atoms with van der Waals surface area (Å²) in [5, 5.41) is -0.0909. The van der Waals surface area contributed by atoms with E-state index in [4.69, 9.17) is 0 Å². The van der Waals surface area contributed by atoms with E-state index < -0.39 is 21.8 Å². The van der Waals surface area contributed by atoms with E-state index in [2.05, 4.69) is 0 Å². The Labute approximate surface area is 156 Å².